The number of carbonyl (C=O) groups excluding carboxylic acids is 2. The molecule has 0 bridgehead atoms. The highest BCUT2D eigenvalue weighted by atomic mass is 16.1. The number of fused-ring (bicyclic) bond motifs is 9. The van der Waals surface area contributed by atoms with Crippen LogP contribution in [-0.2, 0) is 9.59 Å². The smallest absolute Gasteiger partial charge is 0.159 e. The van der Waals surface area contributed by atoms with Crippen LogP contribution in [0.1, 0.15) is 84.5 Å². The van der Waals surface area contributed by atoms with E-state index in [0.29, 0.717) is 29.3 Å². The Morgan fingerprint density at radius 3 is 2.59 bits per heavy atom. The molecule has 6 aliphatic carbocycles. The summed E-state index contributed by atoms with van der Waals surface area (Å²) < 4.78 is 0. The first-order valence-electron chi connectivity index (χ1n) is 12.4. The number of carbonyl (C=O) groups is 2. The Kier molecular flexibility index (Phi) is 3.95. The summed E-state index contributed by atoms with van der Waals surface area (Å²) in [5.41, 5.74) is 3.42. The third-order valence-corrected chi connectivity index (χ3v) is 10.9. The molecular formula is C27H36O2. The largest absolute Gasteiger partial charge is 0.295 e. The molecule has 0 spiro atoms. The van der Waals surface area contributed by atoms with Gasteiger partial charge in [-0.25, -0.2) is 0 Å². The summed E-state index contributed by atoms with van der Waals surface area (Å²) in [7, 11) is 0. The topological polar surface area (TPSA) is 34.1 Å². The van der Waals surface area contributed by atoms with Crippen molar-refractivity contribution in [3.05, 3.63) is 23.3 Å². The third kappa shape index (κ3) is 2.41. The Bertz CT molecular complexity index is 833. The molecule has 0 radical (unpaired) electrons. The van der Waals surface area contributed by atoms with Gasteiger partial charge in [0, 0.05) is 12.3 Å². The van der Waals surface area contributed by atoms with E-state index in [1.54, 1.807) is 0 Å². The highest BCUT2D eigenvalue weighted by molar-refractivity contribution is 5.95. The molecule has 6 rings (SSSR count). The van der Waals surface area contributed by atoms with Crippen molar-refractivity contribution in [2.24, 2.45) is 46.3 Å². The lowest BCUT2D eigenvalue weighted by molar-refractivity contribution is -0.129. The molecule has 0 aromatic carbocycles. The Morgan fingerprint density at radius 2 is 1.72 bits per heavy atom. The molecule has 0 unspecified atom stereocenters. The van der Waals surface area contributed by atoms with Gasteiger partial charge in [0.05, 0.1) is 0 Å². The van der Waals surface area contributed by atoms with Crippen LogP contribution in [0.3, 0.4) is 0 Å². The fraction of sp³-hybridized carbons (Fsp3) is 0.778. The van der Waals surface area contributed by atoms with E-state index in [1.807, 2.05) is 6.08 Å². The Morgan fingerprint density at radius 1 is 0.862 bits per heavy atom. The number of rotatable bonds is 0. The van der Waals surface area contributed by atoms with E-state index >= 15 is 0 Å². The van der Waals surface area contributed by atoms with Gasteiger partial charge in [-0.05, 0) is 110 Å². The molecule has 0 aromatic heterocycles. The third-order valence-electron chi connectivity index (χ3n) is 10.9. The second-order valence-corrected chi connectivity index (χ2v) is 11.9. The lowest BCUT2D eigenvalue weighted by atomic mass is 9.46. The Hall–Kier alpha value is -1.18. The SMILES string of the molecule is C[C@]12CC[C@H]3[C@@H](CCC4=CC(=O)CC[C@@]43C)[C@@H]1C[C@H]1[C@@H]3CCCCC3=CC(=O)[C@@H]12. The van der Waals surface area contributed by atoms with Gasteiger partial charge in [-0.2, -0.15) is 0 Å². The van der Waals surface area contributed by atoms with E-state index in [4.69, 9.17) is 0 Å². The maximum Gasteiger partial charge on any atom is 0.159 e. The van der Waals surface area contributed by atoms with Crippen molar-refractivity contribution in [1.82, 2.24) is 0 Å². The van der Waals surface area contributed by atoms with Gasteiger partial charge in [0.2, 0.25) is 0 Å². The molecule has 8 atom stereocenters. The Balaban J connectivity index is 1.36. The quantitative estimate of drug-likeness (QED) is 0.502. The van der Waals surface area contributed by atoms with Crippen LogP contribution in [-0.4, -0.2) is 11.6 Å². The zero-order valence-corrected chi connectivity index (χ0v) is 18.2. The van der Waals surface area contributed by atoms with E-state index in [-0.39, 0.29) is 16.7 Å². The predicted molar refractivity (Wildman–Crippen MR) is 114 cm³/mol. The first kappa shape index (κ1) is 18.6. The second kappa shape index (κ2) is 6.17. The lowest BCUT2D eigenvalue weighted by Crippen LogP contribution is -2.51. The molecule has 2 nitrogen and oxygen atoms in total. The Labute approximate surface area is 175 Å². The van der Waals surface area contributed by atoms with Crippen LogP contribution < -0.4 is 0 Å². The molecule has 29 heavy (non-hydrogen) atoms. The molecular weight excluding hydrogens is 356 g/mol. The summed E-state index contributed by atoms with van der Waals surface area (Å²) >= 11 is 0. The van der Waals surface area contributed by atoms with Crippen LogP contribution >= 0.6 is 0 Å². The summed E-state index contributed by atoms with van der Waals surface area (Å²) in [6, 6.07) is 0. The van der Waals surface area contributed by atoms with Gasteiger partial charge in [-0.3, -0.25) is 9.59 Å². The van der Waals surface area contributed by atoms with Crippen LogP contribution in [0.2, 0.25) is 0 Å². The first-order chi connectivity index (χ1) is 13.9. The molecule has 0 aromatic rings. The number of ketones is 2. The zero-order chi connectivity index (χ0) is 20.0. The summed E-state index contributed by atoms with van der Waals surface area (Å²) in [6.07, 6.45) is 17.2. The first-order valence-corrected chi connectivity index (χ1v) is 12.4. The monoisotopic (exact) mass is 392 g/mol. The molecule has 2 heteroatoms. The standard InChI is InChI=1S/C27H36O2/c1-26-11-9-18(28)14-17(26)7-8-20-22(26)10-12-27(2)23(20)15-21-19-6-4-3-5-16(19)13-24(29)25(21)27/h13-14,19-23,25H,3-12,15H2,1-2H3/t19-,20-,21+,22+,23+,25-,26+,27+/m1/s1. The fourth-order valence-corrected chi connectivity index (χ4v) is 9.59. The van der Waals surface area contributed by atoms with Gasteiger partial charge in [0.25, 0.3) is 0 Å². The zero-order valence-electron chi connectivity index (χ0n) is 18.2. The summed E-state index contributed by atoms with van der Waals surface area (Å²) in [5.74, 6) is 4.65. The molecule has 0 heterocycles. The minimum Gasteiger partial charge on any atom is -0.295 e. The number of hydrogen-bond acceptors (Lipinski definition) is 2. The summed E-state index contributed by atoms with van der Waals surface area (Å²) in [4.78, 5) is 25.4. The van der Waals surface area contributed by atoms with E-state index in [1.165, 1.54) is 62.5 Å². The molecule has 156 valence electrons. The normalized spacial score (nSPS) is 51.1. The maximum atomic E-state index is 13.4. The van der Waals surface area contributed by atoms with Crippen molar-refractivity contribution in [3.63, 3.8) is 0 Å². The van der Waals surface area contributed by atoms with Crippen molar-refractivity contribution in [2.45, 2.75) is 84.5 Å². The van der Waals surface area contributed by atoms with Gasteiger partial charge in [-0.15, -0.1) is 0 Å². The second-order valence-electron chi connectivity index (χ2n) is 11.9. The average molecular weight is 393 g/mol. The number of hydrogen-bond donors (Lipinski definition) is 0. The van der Waals surface area contributed by atoms with Crippen LogP contribution in [0.25, 0.3) is 0 Å². The molecule has 0 aliphatic heterocycles. The van der Waals surface area contributed by atoms with Crippen molar-refractivity contribution >= 4 is 11.6 Å². The lowest BCUT2D eigenvalue weighted by Gasteiger charge is -2.58. The van der Waals surface area contributed by atoms with E-state index in [9.17, 15) is 9.59 Å². The molecule has 0 saturated heterocycles. The summed E-state index contributed by atoms with van der Waals surface area (Å²) in [5, 5.41) is 0. The maximum absolute atomic E-state index is 13.4. The minimum absolute atomic E-state index is 0.213. The average Bonchev–Trinajstić information content (AvgIpc) is 3.03. The predicted octanol–water partition coefficient (Wildman–Crippen LogP) is 6.06. The van der Waals surface area contributed by atoms with E-state index in [0.717, 1.165) is 31.1 Å². The highest BCUT2D eigenvalue weighted by Crippen LogP contribution is 2.70. The summed E-state index contributed by atoms with van der Waals surface area (Å²) in [6.45, 7) is 4.97. The fourth-order valence-electron chi connectivity index (χ4n) is 9.59. The molecule has 4 saturated carbocycles. The van der Waals surface area contributed by atoms with Crippen LogP contribution in [0.5, 0.6) is 0 Å². The van der Waals surface area contributed by atoms with Gasteiger partial charge >= 0.3 is 0 Å². The van der Waals surface area contributed by atoms with Gasteiger partial charge in [-0.1, -0.05) is 31.4 Å². The van der Waals surface area contributed by atoms with Gasteiger partial charge in [0.1, 0.15) is 0 Å². The van der Waals surface area contributed by atoms with E-state index < -0.39 is 0 Å². The van der Waals surface area contributed by atoms with Crippen molar-refractivity contribution in [1.29, 1.82) is 0 Å². The van der Waals surface area contributed by atoms with Crippen LogP contribution in [0, 0.1) is 46.3 Å². The van der Waals surface area contributed by atoms with Crippen LogP contribution in [0.4, 0.5) is 0 Å². The van der Waals surface area contributed by atoms with Crippen molar-refractivity contribution < 1.29 is 9.59 Å². The molecule has 4 fully saturated rings. The van der Waals surface area contributed by atoms with Gasteiger partial charge < -0.3 is 0 Å². The molecule has 6 aliphatic rings. The van der Waals surface area contributed by atoms with Gasteiger partial charge in [0.15, 0.2) is 11.6 Å². The van der Waals surface area contributed by atoms with Crippen LogP contribution in [0.15, 0.2) is 23.3 Å². The number of allylic oxidation sites excluding steroid dienone is 3. The van der Waals surface area contributed by atoms with E-state index in [2.05, 4.69) is 19.9 Å². The molecule has 0 amide bonds. The highest BCUT2D eigenvalue weighted by Gasteiger charge is 2.64. The molecule has 0 N–H and O–H groups in total. The minimum atomic E-state index is 0.213. The van der Waals surface area contributed by atoms with Crippen molar-refractivity contribution in [3.8, 4) is 0 Å². The van der Waals surface area contributed by atoms with Crippen molar-refractivity contribution in [2.75, 3.05) is 0 Å².